The standard InChI is InChI=1S/C11H11ClF2O2/c1-6-4-7(2-3-9(6)12)8(11(13)14)5-10(15)16/h2-4,8,11H,5H2,1H3,(H,15,16). The number of carbonyl (C=O) groups is 1. The van der Waals surface area contributed by atoms with E-state index in [4.69, 9.17) is 16.7 Å². The lowest BCUT2D eigenvalue weighted by Gasteiger charge is -2.15. The van der Waals surface area contributed by atoms with Gasteiger partial charge in [-0.1, -0.05) is 23.7 Å². The summed E-state index contributed by atoms with van der Waals surface area (Å²) in [5.41, 5.74) is 0.967. The molecule has 0 saturated heterocycles. The highest BCUT2D eigenvalue weighted by atomic mass is 35.5. The van der Waals surface area contributed by atoms with Gasteiger partial charge in [-0.2, -0.15) is 0 Å². The van der Waals surface area contributed by atoms with Gasteiger partial charge in [0.15, 0.2) is 0 Å². The van der Waals surface area contributed by atoms with Crippen LogP contribution in [0, 0.1) is 6.92 Å². The van der Waals surface area contributed by atoms with Crippen molar-refractivity contribution in [2.24, 2.45) is 0 Å². The van der Waals surface area contributed by atoms with Gasteiger partial charge in [0, 0.05) is 5.02 Å². The number of aryl methyl sites for hydroxylation is 1. The smallest absolute Gasteiger partial charge is 0.304 e. The van der Waals surface area contributed by atoms with Crippen LogP contribution in [0.1, 0.15) is 23.5 Å². The van der Waals surface area contributed by atoms with E-state index in [1.165, 1.54) is 18.2 Å². The van der Waals surface area contributed by atoms with Crippen molar-refractivity contribution in [1.29, 1.82) is 0 Å². The van der Waals surface area contributed by atoms with E-state index in [0.717, 1.165) is 0 Å². The molecule has 0 fully saturated rings. The molecule has 1 N–H and O–H groups in total. The molecule has 88 valence electrons. The molecule has 0 heterocycles. The molecule has 0 bridgehead atoms. The van der Waals surface area contributed by atoms with E-state index < -0.39 is 24.7 Å². The van der Waals surface area contributed by atoms with Crippen molar-refractivity contribution in [1.82, 2.24) is 0 Å². The van der Waals surface area contributed by atoms with Gasteiger partial charge in [0.25, 0.3) is 0 Å². The first-order valence-corrected chi connectivity index (χ1v) is 5.05. The summed E-state index contributed by atoms with van der Waals surface area (Å²) in [6.07, 6.45) is -3.28. The van der Waals surface area contributed by atoms with Gasteiger partial charge in [-0.05, 0) is 24.1 Å². The third-order valence-corrected chi connectivity index (χ3v) is 2.73. The van der Waals surface area contributed by atoms with Crippen LogP contribution in [0.3, 0.4) is 0 Å². The number of benzene rings is 1. The van der Waals surface area contributed by atoms with Crippen LogP contribution in [0.5, 0.6) is 0 Å². The zero-order valence-corrected chi connectivity index (χ0v) is 9.34. The maximum atomic E-state index is 12.7. The maximum absolute atomic E-state index is 12.7. The Morgan fingerprint density at radius 1 is 1.50 bits per heavy atom. The van der Waals surface area contributed by atoms with E-state index in [-0.39, 0.29) is 0 Å². The van der Waals surface area contributed by atoms with E-state index in [9.17, 15) is 13.6 Å². The van der Waals surface area contributed by atoms with E-state index in [2.05, 4.69) is 0 Å². The average Bonchev–Trinajstić information content (AvgIpc) is 2.18. The molecule has 0 saturated carbocycles. The summed E-state index contributed by atoms with van der Waals surface area (Å²) in [6, 6.07) is 4.45. The van der Waals surface area contributed by atoms with Gasteiger partial charge in [0.2, 0.25) is 6.43 Å². The largest absolute Gasteiger partial charge is 0.481 e. The number of hydrogen-bond donors (Lipinski definition) is 1. The summed E-state index contributed by atoms with van der Waals surface area (Å²) in [7, 11) is 0. The number of carboxylic acid groups (broad SMARTS) is 1. The van der Waals surface area contributed by atoms with Crippen molar-refractivity contribution in [3.8, 4) is 0 Å². The fraction of sp³-hybridized carbons (Fsp3) is 0.364. The molecule has 16 heavy (non-hydrogen) atoms. The highest BCUT2D eigenvalue weighted by Gasteiger charge is 2.25. The van der Waals surface area contributed by atoms with E-state index >= 15 is 0 Å². The summed E-state index contributed by atoms with van der Waals surface area (Å²) < 4.78 is 25.4. The van der Waals surface area contributed by atoms with E-state index in [1.807, 2.05) is 0 Å². The van der Waals surface area contributed by atoms with Crippen molar-refractivity contribution >= 4 is 17.6 Å². The first-order valence-electron chi connectivity index (χ1n) is 4.67. The molecule has 0 radical (unpaired) electrons. The molecule has 0 aliphatic carbocycles. The Hall–Kier alpha value is -1.16. The first kappa shape index (κ1) is 12.9. The Morgan fingerprint density at radius 3 is 2.56 bits per heavy atom. The summed E-state index contributed by atoms with van der Waals surface area (Å²) in [6.45, 7) is 1.69. The third-order valence-electron chi connectivity index (χ3n) is 2.31. The second-order valence-electron chi connectivity index (χ2n) is 3.55. The molecule has 0 amide bonds. The molecule has 1 aromatic carbocycles. The monoisotopic (exact) mass is 248 g/mol. The zero-order valence-electron chi connectivity index (χ0n) is 8.58. The lowest BCUT2D eigenvalue weighted by atomic mass is 9.95. The second-order valence-corrected chi connectivity index (χ2v) is 3.95. The fourth-order valence-electron chi connectivity index (χ4n) is 1.44. The Labute approximate surface area is 96.8 Å². The first-order chi connectivity index (χ1) is 7.41. The number of aliphatic carboxylic acids is 1. The van der Waals surface area contributed by atoms with Crippen molar-refractivity contribution < 1.29 is 18.7 Å². The average molecular weight is 249 g/mol. The molecule has 5 heteroatoms. The van der Waals surface area contributed by atoms with Crippen molar-refractivity contribution in [2.75, 3.05) is 0 Å². The van der Waals surface area contributed by atoms with Crippen LogP contribution in [0.15, 0.2) is 18.2 Å². The summed E-state index contributed by atoms with van der Waals surface area (Å²) in [5, 5.41) is 9.04. The lowest BCUT2D eigenvalue weighted by Crippen LogP contribution is -2.14. The highest BCUT2D eigenvalue weighted by molar-refractivity contribution is 6.31. The number of alkyl halides is 2. The molecule has 2 nitrogen and oxygen atoms in total. The Bertz CT molecular complexity index is 394. The third kappa shape index (κ3) is 3.17. The summed E-state index contributed by atoms with van der Waals surface area (Å²) >= 11 is 5.77. The molecular weight excluding hydrogens is 238 g/mol. The van der Waals surface area contributed by atoms with Crippen LogP contribution >= 0.6 is 11.6 Å². The van der Waals surface area contributed by atoms with Gasteiger partial charge >= 0.3 is 5.97 Å². The van der Waals surface area contributed by atoms with Crippen molar-refractivity contribution in [2.45, 2.75) is 25.7 Å². The van der Waals surface area contributed by atoms with Crippen molar-refractivity contribution in [3.63, 3.8) is 0 Å². The van der Waals surface area contributed by atoms with E-state index in [1.54, 1.807) is 6.92 Å². The van der Waals surface area contributed by atoms with Gasteiger partial charge in [-0.15, -0.1) is 0 Å². The van der Waals surface area contributed by atoms with Crippen molar-refractivity contribution in [3.05, 3.63) is 34.3 Å². The minimum atomic E-state index is -2.70. The van der Waals surface area contributed by atoms with Crippen LogP contribution in [-0.4, -0.2) is 17.5 Å². The number of halogens is 3. The van der Waals surface area contributed by atoms with Gasteiger partial charge in [-0.3, -0.25) is 4.79 Å². The summed E-state index contributed by atoms with van der Waals surface area (Å²) in [4.78, 5) is 10.5. The second kappa shape index (κ2) is 5.25. The van der Waals surface area contributed by atoms with E-state index in [0.29, 0.717) is 16.1 Å². The predicted octanol–water partition coefficient (Wildman–Crippen LogP) is 3.47. The highest BCUT2D eigenvalue weighted by Crippen LogP contribution is 2.29. The fourth-order valence-corrected chi connectivity index (χ4v) is 1.56. The number of hydrogen-bond acceptors (Lipinski definition) is 1. The SMILES string of the molecule is Cc1cc(C(CC(=O)O)C(F)F)ccc1Cl. The Morgan fingerprint density at radius 2 is 2.12 bits per heavy atom. The van der Waals surface area contributed by atoms with Crippen LogP contribution in [0.25, 0.3) is 0 Å². The molecule has 1 atom stereocenters. The molecule has 0 aliphatic heterocycles. The minimum absolute atomic E-state index is 0.305. The van der Waals surface area contributed by atoms with Gasteiger partial charge in [-0.25, -0.2) is 8.78 Å². The topological polar surface area (TPSA) is 37.3 Å². The summed E-state index contributed by atoms with van der Waals surface area (Å²) in [5.74, 6) is -2.52. The molecule has 1 unspecified atom stereocenters. The number of carboxylic acids is 1. The Kier molecular flexibility index (Phi) is 4.24. The normalized spacial score (nSPS) is 12.8. The van der Waals surface area contributed by atoms with Crippen LogP contribution < -0.4 is 0 Å². The van der Waals surface area contributed by atoms with Gasteiger partial charge in [0.1, 0.15) is 0 Å². The molecule has 1 aromatic rings. The molecular formula is C11H11ClF2O2. The zero-order chi connectivity index (χ0) is 12.3. The minimum Gasteiger partial charge on any atom is -0.481 e. The van der Waals surface area contributed by atoms with Gasteiger partial charge in [0.05, 0.1) is 12.3 Å². The predicted molar refractivity (Wildman–Crippen MR) is 57.2 cm³/mol. The van der Waals surface area contributed by atoms with Gasteiger partial charge < -0.3 is 5.11 Å². The molecule has 1 rings (SSSR count). The maximum Gasteiger partial charge on any atom is 0.304 e. The quantitative estimate of drug-likeness (QED) is 0.886. The number of rotatable bonds is 4. The van der Waals surface area contributed by atoms with Crippen LogP contribution in [-0.2, 0) is 4.79 Å². The van der Waals surface area contributed by atoms with Crippen LogP contribution in [0.4, 0.5) is 8.78 Å². The van der Waals surface area contributed by atoms with Crippen LogP contribution in [0.2, 0.25) is 5.02 Å². The molecule has 0 spiro atoms. The molecule has 0 aliphatic rings. The lowest BCUT2D eigenvalue weighted by molar-refractivity contribution is -0.138. The molecule has 0 aromatic heterocycles. The Balaban J connectivity index is 3.01.